The average molecular weight is 219 g/mol. The van der Waals surface area contributed by atoms with Gasteiger partial charge < -0.3 is 5.11 Å². The van der Waals surface area contributed by atoms with Crippen LogP contribution in [0.5, 0.6) is 0 Å². The average Bonchev–Trinajstić information content (AvgIpc) is 2.52. The van der Waals surface area contributed by atoms with Crippen molar-refractivity contribution in [1.29, 1.82) is 0 Å². The van der Waals surface area contributed by atoms with E-state index in [1.165, 1.54) is 7.05 Å². The molecule has 0 unspecified atom stereocenters. The molecule has 1 aliphatic rings. The third-order valence-electron chi connectivity index (χ3n) is 2.70. The standard InChI is InChI=1S/C9H17NO3S/c1-3-14(12,13)10(2)8-9(11)6-4-5-7-9/h3,11H,1,4-8H2,2H3. The summed E-state index contributed by atoms with van der Waals surface area (Å²) in [6, 6.07) is 0. The molecule has 0 aromatic rings. The molecule has 14 heavy (non-hydrogen) atoms. The molecular weight excluding hydrogens is 202 g/mol. The van der Waals surface area contributed by atoms with Crippen molar-refractivity contribution in [2.45, 2.75) is 31.3 Å². The first-order valence-corrected chi connectivity index (χ1v) is 6.21. The Morgan fingerprint density at radius 2 is 2.00 bits per heavy atom. The van der Waals surface area contributed by atoms with Crippen LogP contribution in [0.3, 0.4) is 0 Å². The van der Waals surface area contributed by atoms with Gasteiger partial charge in [-0.15, -0.1) is 0 Å². The molecule has 0 aromatic heterocycles. The summed E-state index contributed by atoms with van der Waals surface area (Å²) in [6.45, 7) is 3.41. The van der Waals surface area contributed by atoms with Gasteiger partial charge in [-0.1, -0.05) is 19.4 Å². The second-order valence-electron chi connectivity index (χ2n) is 3.90. The Bertz CT molecular complexity index is 304. The molecular formula is C9H17NO3S. The Hall–Kier alpha value is -0.390. The maximum absolute atomic E-state index is 11.3. The van der Waals surface area contributed by atoms with Gasteiger partial charge in [-0.25, -0.2) is 8.42 Å². The van der Waals surface area contributed by atoms with Gasteiger partial charge in [0, 0.05) is 19.0 Å². The molecule has 1 saturated carbocycles. The zero-order valence-corrected chi connectivity index (χ0v) is 9.26. The number of sulfonamides is 1. The van der Waals surface area contributed by atoms with Crippen LogP contribution >= 0.6 is 0 Å². The Kier molecular flexibility index (Phi) is 3.34. The lowest BCUT2D eigenvalue weighted by Crippen LogP contribution is -2.41. The van der Waals surface area contributed by atoms with Gasteiger partial charge in [0.05, 0.1) is 5.60 Å². The van der Waals surface area contributed by atoms with Gasteiger partial charge in [0.1, 0.15) is 0 Å². The van der Waals surface area contributed by atoms with Gasteiger partial charge in [-0.2, -0.15) is 4.31 Å². The number of aliphatic hydroxyl groups is 1. The monoisotopic (exact) mass is 219 g/mol. The first-order valence-electron chi connectivity index (χ1n) is 4.71. The fourth-order valence-corrected chi connectivity index (χ4v) is 2.50. The van der Waals surface area contributed by atoms with E-state index in [4.69, 9.17) is 0 Å². The second kappa shape index (κ2) is 4.00. The van der Waals surface area contributed by atoms with E-state index in [1.54, 1.807) is 0 Å². The van der Waals surface area contributed by atoms with Crippen LogP contribution in [0.2, 0.25) is 0 Å². The first-order chi connectivity index (χ1) is 6.40. The summed E-state index contributed by atoms with van der Waals surface area (Å²) < 4.78 is 23.8. The van der Waals surface area contributed by atoms with Crippen LogP contribution in [0.25, 0.3) is 0 Å². The molecule has 1 N–H and O–H groups in total. The van der Waals surface area contributed by atoms with Crippen LogP contribution in [0.1, 0.15) is 25.7 Å². The summed E-state index contributed by atoms with van der Waals surface area (Å²) in [4.78, 5) is 0. The van der Waals surface area contributed by atoms with Gasteiger partial charge >= 0.3 is 0 Å². The minimum atomic E-state index is -3.39. The molecule has 0 atom stereocenters. The van der Waals surface area contributed by atoms with Crippen molar-refractivity contribution < 1.29 is 13.5 Å². The van der Waals surface area contributed by atoms with Crippen LogP contribution in [0, 0.1) is 0 Å². The molecule has 0 heterocycles. The van der Waals surface area contributed by atoms with Crippen LogP contribution in [-0.4, -0.2) is 37.0 Å². The molecule has 1 aliphatic carbocycles. The number of rotatable bonds is 4. The summed E-state index contributed by atoms with van der Waals surface area (Å²) in [7, 11) is -1.92. The molecule has 0 amide bonds. The third-order valence-corrected chi connectivity index (χ3v) is 4.12. The highest BCUT2D eigenvalue weighted by molar-refractivity contribution is 7.91. The Labute approximate surface area is 85.3 Å². The highest BCUT2D eigenvalue weighted by Gasteiger charge is 2.34. The van der Waals surface area contributed by atoms with Crippen molar-refractivity contribution in [2.24, 2.45) is 0 Å². The van der Waals surface area contributed by atoms with E-state index in [0.29, 0.717) is 12.8 Å². The van der Waals surface area contributed by atoms with Gasteiger partial charge in [0.2, 0.25) is 10.0 Å². The van der Waals surface area contributed by atoms with Crippen molar-refractivity contribution in [1.82, 2.24) is 4.31 Å². The van der Waals surface area contributed by atoms with Crippen molar-refractivity contribution in [3.05, 3.63) is 12.0 Å². The Morgan fingerprint density at radius 3 is 2.43 bits per heavy atom. The lowest BCUT2D eigenvalue weighted by molar-refractivity contribution is 0.0336. The quantitative estimate of drug-likeness (QED) is 0.757. The van der Waals surface area contributed by atoms with Crippen molar-refractivity contribution in [3.8, 4) is 0 Å². The molecule has 4 nitrogen and oxygen atoms in total. The topological polar surface area (TPSA) is 57.6 Å². The maximum Gasteiger partial charge on any atom is 0.235 e. The second-order valence-corrected chi connectivity index (χ2v) is 5.89. The summed E-state index contributed by atoms with van der Waals surface area (Å²) in [5.74, 6) is 0. The fourth-order valence-electron chi connectivity index (χ4n) is 1.82. The van der Waals surface area contributed by atoms with Crippen molar-refractivity contribution >= 4 is 10.0 Å². The molecule has 82 valence electrons. The van der Waals surface area contributed by atoms with Crippen LogP contribution in [-0.2, 0) is 10.0 Å². The zero-order chi connectivity index (χ0) is 10.8. The number of hydrogen-bond donors (Lipinski definition) is 1. The van der Waals surface area contributed by atoms with Gasteiger partial charge in [-0.3, -0.25) is 0 Å². The maximum atomic E-state index is 11.3. The van der Waals surface area contributed by atoms with E-state index in [-0.39, 0.29) is 6.54 Å². The minimum Gasteiger partial charge on any atom is -0.389 e. The first kappa shape index (κ1) is 11.7. The predicted molar refractivity (Wildman–Crippen MR) is 55.2 cm³/mol. The zero-order valence-electron chi connectivity index (χ0n) is 8.44. The van der Waals surface area contributed by atoms with Crippen molar-refractivity contribution in [2.75, 3.05) is 13.6 Å². The van der Waals surface area contributed by atoms with Crippen molar-refractivity contribution in [3.63, 3.8) is 0 Å². The third kappa shape index (κ3) is 2.56. The highest BCUT2D eigenvalue weighted by atomic mass is 32.2. The Balaban J connectivity index is 2.64. The minimum absolute atomic E-state index is 0.168. The van der Waals surface area contributed by atoms with Crippen LogP contribution < -0.4 is 0 Å². The summed E-state index contributed by atoms with van der Waals surface area (Å²) in [6.07, 6.45) is 3.31. The number of likely N-dealkylation sites (N-methyl/N-ethyl adjacent to an activating group) is 1. The van der Waals surface area contributed by atoms with Gasteiger partial charge in [0.15, 0.2) is 0 Å². The predicted octanol–water partition coefficient (Wildman–Crippen LogP) is 0.697. The van der Waals surface area contributed by atoms with Crippen LogP contribution in [0.15, 0.2) is 12.0 Å². The molecule has 1 rings (SSSR count). The smallest absolute Gasteiger partial charge is 0.235 e. The molecule has 0 saturated heterocycles. The van der Waals surface area contributed by atoms with E-state index in [0.717, 1.165) is 22.6 Å². The van der Waals surface area contributed by atoms with Gasteiger partial charge in [0.25, 0.3) is 0 Å². The lowest BCUT2D eigenvalue weighted by atomic mass is 10.0. The van der Waals surface area contributed by atoms with E-state index in [1.807, 2.05) is 0 Å². The van der Waals surface area contributed by atoms with E-state index in [9.17, 15) is 13.5 Å². The fraction of sp³-hybridized carbons (Fsp3) is 0.778. The number of nitrogens with zero attached hydrogens (tertiary/aromatic N) is 1. The lowest BCUT2D eigenvalue weighted by Gasteiger charge is -2.27. The molecule has 5 heteroatoms. The van der Waals surface area contributed by atoms with E-state index in [2.05, 4.69) is 6.58 Å². The van der Waals surface area contributed by atoms with E-state index >= 15 is 0 Å². The van der Waals surface area contributed by atoms with Crippen LogP contribution in [0.4, 0.5) is 0 Å². The highest BCUT2D eigenvalue weighted by Crippen LogP contribution is 2.30. The largest absolute Gasteiger partial charge is 0.389 e. The normalized spacial score (nSPS) is 21.4. The summed E-state index contributed by atoms with van der Waals surface area (Å²) in [5.41, 5.74) is -0.829. The number of hydrogen-bond acceptors (Lipinski definition) is 3. The molecule has 0 radical (unpaired) electrons. The molecule has 0 spiro atoms. The van der Waals surface area contributed by atoms with E-state index < -0.39 is 15.6 Å². The SMILES string of the molecule is C=CS(=O)(=O)N(C)CC1(O)CCCC1. The Morgan fingerprint density at radius 1 is 1.50 bits per heavy atom. The molecule has 0 aromatic carbocycles. The molecule has 0 aliphatic heterocycles. The van der Waals surface area contributed by atoms with Gasteiger partial charge in [-0.05, 0) is 12.8 Å². The summed E-state index contributed by atoms with van der Waals surface area (Å²) in [5, 5.41) is 10.9. The molecule has 0 bridgehead atoms. The summed E-state index contributed by atoms with van der Waals surface area (Å²) >= 11 is 0. The molecule has 1 fully saturated rings.